The van der Waals surface area contributed by atoms with Crippen LogP contribution in [0.3, 0.4) is 0 Å². The molecule has 0 aliphatic rings. The molecule has 0 fully saturated rings. The standard InChI is InChI=1S/C17H16O2/c1-3-11-6-8-15-14(9-11)17(18)13-7-5-12(4-2)10-16(13)19-15/h5-10H,3-4H2,1-2H3. The minimum atomic E-state index is 0.0641. The van der Waals surface area contributed by atoms with Crippen molar-refractivity contribution in [2.45, 2.75) is 26.7 Å². The first-order chi connectivity index (χ1) is 9.22. The van der Waals surface area contributed by atoms with Gasteiger partial charge in [0.25, 0.3) is 0 Å². The third kappa shape index (κ3) is 1.93. The molecule has 0 saturated heterocycles. The predicted octanol–water partition coefficient (Wildman–Crippen LogP) is 4.07. The second-order valence-electron chi connectivity index (χ2n) is 4.80. The van der Waals surface area contributed by atoms with Crippen molar-refractivity contribution in [3.63, 3.8) is 0 Å². The van der Waals surface area contributed by atoms with Crippen molar-refractivity contribution in [3.8, 4) is 0 Å². The largest absolute Gasteiger partial charge is 0.456 e. The molecule has 0 N–H and O–H groups in total. The molecule has 0 amide bonds. The summed E-state index contributed by atoms with van der Waals surface area (Å²) in [5.74, 6) is 0. The lowest BCUT2D eigenvalue weighted by molar-refractivity contribution is 0.659. The average molecular weight is 252 g/mol. The molecule has 19 heavy (non-hydrogen) atoms. The van der Waals surface area contributed by atoms with Gasteiger partial charge in [0.15, 0.2) is 0 Å². The molecule has 1 heterocycles. The third-order valence-corrected chi connectivity index (χ3v) is 3.62. The second-order valence-corrected chi connectivity index (χ2v) is 4.80. The van der Waals surface area contributed by atoms with Crippen LogP contribution in [0.5, 0.6) is 0 Å². The zero-order valence-electron chi connectivity index (χ0n) is 11.2. The molecule has 1 aromatic heterocycles. The maximum Gasteiger partial charge on any atom is 0.200 e. The molecule has 0 saturated carbocycles. The second kappa shape index (κ2) is 4.54. The lowest BCUT2D eigenvalue weighted by Crippen LogP contribution is -2.03. The van der Waals surface area contributed by atoms with Crippen molar-refractivity contribution in [2.24, 2.45) is 0 Å². The van der Waals surface area contributed by atoms with E-state index in [0.717, 1.165) is 18.4 Å². The van der Waals surface area contributed by atoms with E-state index in [2.05, 4.69) is 13.8 Å². The summed E-state index contributed by atoms with van der Waals surface area (Å²) in [5, 5.41) is 1.34. The Morgan fingerprint density at radius 1 is 0.842 bits per heavy atom. The Morgan fingerprint density at radius 2 is 1.53 bits per heavy atom. The van der Waals surface area contributed by atoms with E-state index >= 15 is 0 Å². The molecule has 2 nitrogen and oxygen atoms in total. The molecule has 0 bridgehead atoms. The van der Waals surface area contributed by atoms with E-state index in [1.165, 1.54) is 5.56 Å². The first-order valence-electron chi connectivity index (χ1n) is 6.71. The van der Waals surface area contributed by atoms with Gasteiger partial charge in [-0.25, -0.2) is 0 Å². The van der Waals surface area contributed by atoms with E-state index in [9.17, 15) is 4.79 Å². The van der Waals surface area contributed by atoms with Crippen molar-refractivity contribution >= 4 is 21.9 Å². The molecule has 96 valence electrons. The summed E-state index contributed by atoms with van der Waals surface area (Å²) in [6.45, 7) is 4.17. The molecule has 0 unspecified atom stereocenters. The molecule has 2 heteroatoms. The van der Waals surface area contributed by atoms with Crippen LogP contribution < -0.4 is 5.43 Å². The summed E-state index contributed by atoms with van der Waals surface area (Å²) in [5.41, 5.74) is 3.75. The van der Waals surface area contributed by atoms with Crippen LogP contribution in [0.2, 0.25) is 0 Å². The molecule has 0 spiro atoms. The van der Waals surface area contributed by atoms with E-state index < -0.39 is 0 Å². The van der Waals surface area contributed by atoms with Crippen LogP contribution in [-0.2, 0) is 12.8 Å². The molecular weight excluding hydrogens is 236 g/mol. The van der Waals surface area contributed by atoms with Crippen LogP contribution in [0.25, 0.3) is 21.9 Å². The van der Waals surface area contributed by atoms with Crippen LogP contribution in [-0.4, -0.2) is 0 Å². The van der Waals surface area contributed by atoms with Crippen molar-refractivity contribution in [1.29, 1.82) is 0 Å². The zero-order chi connectivity index (χ0) is 13.4. The first-order valence-corrected chi connectivity index (χ1v) is 6.71. The quantitative estimate of drug-likeness (QED) is 0.643. The highest BCUT2D eigenvalue weighted by atomic mass is 16.3. The van der Waals surface area contributed by atoms with Gasteiger partial charge in [-0.1, -0.05) is 26.0 Å². The van der Waals surface area contributed by atoms with Gasteiger partial charge in [-0.3, -0.25) is 4.79 Å². The summed E-state index contributed by atoms with van der Waals surface area (Å²) < 4.78 is 5.87. The zero-order valence-corrected chi connectivity index (χ0v) is 11.2. The van der Waals surface area contributed by atoms with E-state index in [0.29, 0.717) is 21.9 Å². The maximum atomic E-state index is 12.5. The Hall–Kier alpha value is -2.09. The average Bonchev–Trinajstić information content (AvgIpc) is 2.46. The fourth-order valence-electron chi connectivity index (χ4n) is 2.39. The maximum absolute atomic E-state index is 12.5. The molecule has 0 aliphatic carbocycles. The molecule has 3 aromatic rings. The first kappa shape index (κ1) is 12.0. The summed E-state index contributed by atoms with van der Waals surface area (Å²) in [7, 11) is 0. The van der Waals surface area contributed by atoms with Crippen LogP contribution in [0.1, 0.15) is 25.0 Å². The topological polar surface area (TPSA) is 30.2 Å². The third-order valence-electron chi connectivity index (χ3n) is 3.62. The van der Waals surface area contributed by atoms with Crippen LogP contribution in [0.4, 0.5) is 0 Å². The van der Waals surface area contributed by atoms with Gasteiger partial charge in [0, 0.05) is 0 Å². The number of fused-ring (bicyclic) bond motifs is 2. The number of rotatable bonds is 2. The Kier molecular flexibility index (Phi) is 2.86. The molecule has 2 aromatic carbocycles. The summed E-state index contributed by atoms with van der Waals surface area (Å²) in [6, 6.07) is 11.7. The highest BCUT2D eigenvalue weighted by Gasteiger charge is 2.08. The Balaban J connectivity index is 2.41. The monoisotopic (exact) mass is 252 g/mol. The van der Waals surface area contributed by atoms with Gasteiger partial charge in [-0.15, -0.1) is 0 Å². The van der Waals surface area contributed by atoms with E-state index in [1.54, 1.807) is 0 Å². The Morgan fingerprint density at radius 3 is 2.26 bits per heavy atom. The van der Waals surface area contributed by atoms with Crippen LogP contribution in [0, 0.1) is 0 Å². The minimum absolute atomic E-state index is 0.0641. The van der Waals surface area contributed by atoms with Gasteiger partial charge in [0.1, 0.15) is 11.2 Å². The van der Waals surface area contributed by atoms with Gasteiger partial charge in [0.2, 0.25) is 5.43 Å². The van der Waals surface area contributed by atoms with Crippen molar-refractivity contribution in [1.82, 2.24) is 0 Å². The van der Waals surface area contributed by atoms with Crippen molar-refractivity contribution in [3.05, 3.63) is 57.7 Å². The highest BCUT2D eigenvalue weighted by Crippen LogP contribution is 2.21. The number of hydrogen-bond acceptors (Lipinski definition) is 2. The molecular formula is C17H16O2. The number of aryl methyl sites for hydroxylation is 2. The molecule has 0 atom stereocenters. The summed E-state index contributed by atoms with van der Waals surface area (Å²) in [4.78, 5) is 12.5. The SMILES string of the molecule is CCc1ccc2c(=O)c3cc(CC)ccc3oc2c1. The molecule has 3 rings (SSSR count). The fraction of sp³-hybridized carbons (Fsp3) is 0.235. The van der Waals surface area contributed by atoms with E-state index in [4.69, 9.17) is 4.42 Å². The highest BCUT2D eigenvalue weighted by molar-refractivity contribution is 5.90. The van der Waals surface area contributed by atoms with Crippen molar-refractivity contribution in [2.75, 3.05) is 0 Å². The predicted molar refractivity (Wildman–Crippen MR) is 78.7 cm³/mol. The normalized spacial score (nSPS) is 11.3. The minimum Gasteiger partial charge on any atom is -0.456 e. The van der Waals surface area contributed by atoms with Gasteiger partial charge in [-0.05, 0) is 48.2 Å². The number of hydrogen-bond donors (Lipinski definition) is 0. The molecule has 0 aliphatic heterocycles. The Labute approximate surface area is 111 Å². The van der Waals surface area contributed by atoms with E-state index in [1.807, 2.05) is 36.4 Å². The lowest BCUT2D eigenvalue weighted by Gasteiger charge is -2.04. The van der Waals surface area contributed by atoms with Gasteiger partial charge >= 0.3 is 0 Å². The van der Waals surface area contributed by atoms with Crippen LogP contribution >= 0.6 is 0 Å². The lowest BCUT2D eigenvalue weighted by atomic mass is 10.1. The Bertz CT molecular complexity index is 812. The van der Waals surface area contributed by atoms with Crippen molar-refractivity contribution < 1.29 is 4.42 Å². The molecule has 0 radical (unpaired) electrons. The number of benzene rings is 2. The fourth-order valence-corrected chi connectivity index (χ4v) is 2.39. The smallest absolute Gasteiger partial charge is 0.200 e. The van der Waals surface area contributed by atoms with E-state index in [-0.39, 0.29) is 5.43 Å². The van der Waals surface area contributed by atoms with Gasteiger partial charge in [-0.2, -0.15) is 0 Å². The summed E-state index contributed by atoms with van der Waals surface area (Å²) in [6.07, 6.45) is 1.86. The van der Waals surface area contributed by atoms with Crippen LogP contribution in [0.15, 0.2) is 45.6 Å². The van der Waals surface area contributed by atoms with Gasteiger partial charge in [0.05, 0.1) is 10.8 Å². The summed E-state index contributed by atoms with van der Waals surface area (Å²) >= 11 is 0. The van der Waals surface area contributed by atoms with Gasteiger partial charge < -0.3 is 4.42 Å².